The van der Waals surface area contributed by atoms with Gasteiger partial charge in [0.2, 0.25) is 0 Å². The van der Waals surface area contributed by atoms with Crippen molar-refractivity contribution in [1.29, 1.82) is 0 Å². The molecule has 0 heterocycles. The van der Waals surface area contributed by atoms with E-state index in [1.807, 2.05) is 6.92 Å². The van der Waals surface area contributed by atoms with E-state index in [1.54, 1.807) is 0 Å². The van der Waals surface area contributed by atoms with Gasteiger partial charge in [-0.2, -0.15) is 0 Å². The first kappa shape index (κ1) is 15.7. The molecule has 1 N–H and O–H groups in total. The summed E-state index contributed by atoms with van der Waals surface area (Å²) < 4.78 is 19.6. The molecule has 1 aliphatic carbocycles. The normalized spacial score (nSPS) is 28.0. The summed E-state index contributed by atoms with van der Waals surface area (Å²) in [5.74, 6) is -0.595. The van der Waals surface area contributed by atoms with E-state index in [1.165, 1.54) is 12.1 Å². The van der Waals surface area contributed by atoms with Gasteiger partial charge in [-0.15, -0.1) is 0 Å². The van der Waals surface area contributed by atoms with Gasteiger partial charge in [0, 0.05) is 24.1 Å². The molecule has 0 bridgehead atoms. The van der Waals surface area contributed by atoms with E-state index >= 15 is 0 Å². The van der Waals surface area contributed by atoms with Crippen LogP contribution in [0.15, 0.2) is 18.2 Å². The zero-order chi connectivity index (χ0) is 15.6. The smallest absolute Gasteiger partial charge is 0.272 e. The molecule has 1 saturated carbocycles. The second kappa shape index (κ2) is 5.97. The van der Waals surface area contributed by atoms with Crippen LogP contribution in [0.2, 0.25) is 0 Å². The number of nitro groups is 1. The van der Waals surface area contributed by atoms with Gasteiger partial charge in [-0.3, -0.25) is 10.1 Å². The Hall–Kier alpha value is -1.69. The van der Waals surface area contributed by atoms with Crippen molar-refractivity contribution in [3.8, 4) is 0 Å². The summed E-state index contributed by atoms with van der Waals surface area (Å²) in [6.45, 7) is 6.84. The number of ether oxygens (including phenoxy) is 1. The van der Waals surface area contributed by atoms with Crippen LogP contribution in [0.1, 0.15) is 33.6 Å². The molecule has 1 aromatic carbocycles. The van der Waals surface area contributed by atoms with Crippen molar-refractivity contribution in [1.82, 2.24) is 0 Å². The van der Waals surface area contributed by atoms with Crippen molar-refractivity contribution < 1.29 is 14.1 Å². The van der Waals surface area contributed by atoms with Crippen LogP contribution in [-0.2, 0) is 4.74 Å². The largest absolute Gasteiger partial charge is 0.379 e. The highest BCUT2D eigenvalue weighted by atomic mass is 19.1. The van der Waals surface area contributed by atoms with Crippen molar-refractivity contribution in [2.45, 2.75) is 45.8 Å². The fourth-order valence-corrected chi connectivity index (χ4v) is 2.90. The third-order valence-electron chi connectivity index (χ3n) is 4.60. The summed E-state index contributed by atoms with van der Waals surface area (Å²) in [4.78, 5) is 10.0. The predicted molar refractivity (Wildman–Crippen MR) is 78.9 cm³/mol. The van der Waals surface area contributed by atoms with Crippen LogP contribution in [0.4, 0.5) is 15.8 Å². The van der Waals surface area contributed by atoms with Gasteiger partial charge in [0.25, 0.3) is 5.69 Å². The van der Waals surface area contributed by atoms with Gasteiger partial charge in [0.1, 0.15) is 0 Å². The maximum absolute atomic E-state index is 13.9. The molecule has 1 aromatic rings. The highest BCUT2D eigenvalue weighted by Gasteiger charge is 2.51. The van der Waals surface area contributed by atoms with Crippen LogP contribution in [0, 0.1) is 21.3 Å². The van der Waals surface area contributed by atoms with Gasteiger partial charge in [-0.1, -0.05) is 13.8 Å². The lowest BCUT2D eigenvalue weighted by atomic mass is 9.61. The van der Waals surface area contributed by atoms with Crippen molar-refractivity contribution in [2.75, 3.05) is 11.9 Å². The zero-order valence-electron chi connectivity index (χ0n) is 12.6. The van der Waals surface area contributed by atoms with Crippen LogP contribution in [0.3, 0.4) is 0 Å². The number of nitrogens with one attached hydrogen (secondary N) is 1. The van der Waals surface area contributed by atoms with Gasteiger partial charge >= 0.3 is 0 Å². The maximum atomic E-state index is 13.9. The van der Waals surface area contributed by atoms with E-state index in [4.69, 9.17) is 4.74 Å². The van der Waals surface area contributed by atoms with Gasteiger partial charge in [0.05, 0.1) is 22.8 Å². The fraction of sp³-hybridized carbons (Fsp3) is 0.600. The molecule has 1 fully saturated rings. The summed E-state index contributed by atoms with van der Waals surface area (Å²) >= 11 is 0. The molecule has 5 nitrogen and oxygen atoms in total. The Labute approximate surface area is 123 Å². The molecule has 0 aliphatic heterocycles. The number of halogens is 1. The minimum atomic E-state index is -0.600. The minimum absolute atomic E-state index is 0.0514. The first-order valence-corrected chi connectivity index (χ1v) is 7.24. The van der Waals surface area contributed by atoms with E-state index in [9.17, 15) is 14.5 Å². The van der Waals surface area contributed by atoms with E-state index in [2.05, 4.69) is 19.2 Å². The molecule has 6 heteroatoms. The third-order valence-corrected chi connectivity index (χ3v) is 4.60. The van der Waals surface area contributed by atoms with Gasteiger partial charge in [-0.25, -0.2) is 4.39 Å². The summed E-state index contributed by atoms with van der Waals surface area (Å²) in [7, 11) is 0. The average Bonchev–Trinajstić information content (AvgIpc) is 2.46. The number of hydrogen-bond donors (Lipinski definition) is 1. The fourth-order valence-electron chi connectivity index (χ4n) is 2.90. The lowest BCUT2D eigenvalue weighted by Crippen LogP contribution is -2.59. The summed E-state index contributed by atoms with van der Waals surface area (Å²) in [6, 6.07) is 3.80. The molecule has 3 atom stereocenters. The van der Waals surface area contributed by atoms with Crippen molar-refractivity contribution in [2.24, 2.45) is 5.41 Å². The van der Waals surface area contributed by atoms with Crippen LogP contribution in [-0.4, -0.2) is 23.7 Å². The van der Waals surface area contributed by atoms with Crippen LogP contribution in [0.25, 0.3) is 0 Å². The lowest BCUT2D eigenvalue weighted by Gasteiger charge is -2.53. The van der Waals surface area contributed by atoms with Crippen molar-refractivity contribution in [3.05, 3.63) is 34.1 Å². The second-order valence-electron chi connectivity index (χ2n) is 5.66. The zero-order valence-corrected chi connectivity index (χ0v) is 12.6. The first-order chi connectivity index (χ1) is 9.92. The Kier molecular flexibility index (Phi) is 4.46. The number of nitro benzene ring substituents is 1. The molecule has 0 amide bonds. The minimum Gasteiger partial charge on any atom is -0.379 e. The summed E-state index contributed by atoms with van der Waals surface area (Å²) in [5.41, 5.74) is 0.0156. The Morgan fingerprint density at radius 2 is 2.24 bits per heavy atom. The molecule has 2 rings (SSSR count). The van der Waals surface area contributed by atoms with Crippen LogP contribution >= 0.6 is 0 Å². The number of hydrogen-bond acceptors (Lipinski definition) is 4. The number of nitrogens with zero attached hydrogens (tertiary/aromatic N) is 1. The van der Waals surface area contributed by atoms with Crippen molar-refractivity contribution >= 4 is 11.4 Å². The number of non-ortho nitro benzene ring substituents is 1. The molecule has 21 heavy (non-hydrogen) atoms. The molecule has 1 aliphatic rings. The maximum Gasteiger partial charge on any atom is 0.272 e. The Balaban J connectivity index is 2.11. The number of anilines is 1. The molecule has 116 valence electrons. The van der Waals surface area contributed by atoms with E-state index in [0.29, 0.717) is 12.3 Å². The molecular formula is C15H21FN2O3. The molecular weight excluding hydrogens is 275 g/mol. The van der Waals surface area contributed by atoms with Gasteiger partial charge in [-0.05, 0) is 25.8 Å². The topological polar surface area (TPSA) is 64.4 Å². The van der Waals surface area contributed by atoms with Gasteiger partial charge < -0.3 is 10.1 Å². The Morgan fingerprint density at radius 1 is 1.52 bits per heavy atom. The predicted octanol–water partition coefficient (Wildman–Crippen LogP) is 3.74. The lowest BCUT2D eigenvalue weighted by molar-refractivity contribution is -0.385. The molecule has 0 saturated heterocycles. The van der Waals surface area contributed by atoms with E-state index < -0.39 is 10.7 Å². The molecule has 0 radical (unpaired) electrons. The number of rotatable bonds is 6. The quantitative estimate of drug-likeness (QED) is 0.641. The first-order valence-electron chi connectivity index (χ1n) is 7.24. The third kappa shape index (κ3) is 2.85. The monoisotopic (exact) mass is 296 g/mol. The van der Waals surface area contributed by atoms with Crippen LogP contribution < -0.4 is 5.32 Å². The highest BCUT2D eigenvalue weighted by molar-refractivity contribution is 5.51. The van der Waals surface area contributed by atoms with Gasteiger partial charge in [0.15, 0.2) is 5.82 Å². The number of benzene rings is 1. The highest BCUT2D eigenvalue weighted by Crippen LogP contribution is 2.47. The molecule has 0 spiro atoms. The summed E-state index contributed by atoms with van der Waals surface area (Å²) in [5, 5.41) is 13.8. The SMILES string of the molecule is CCOC1CC(Nc2ccc([N+](=O)[O-])cc2F)C1(C)CC. The van der Waals surface area contributed by atoms with Crippen molar-refractivity contribution in [3.63, 3.8) is 0 Å². The Morgan fingerprint density at radius 3 is 2.76 bits per heavy atom. The van der Waals surface area contributed by atoms with Crippen LogP contribution in [0.5, 0.6) is 0 Å². The summed E-state index contributed by atoms with van der Waals surface area (Å²) in [6.07, 6.45) is 1.91. The standard InChI is InChI=1S/C15H21FN2O3/c1-4-15(3)13(9-14(15)21-5-2)17-12-7-6-10(18(19)20)8-11(12)16/h6-8,13-14,17H,4-5,9H2,1-3H3. The Bertz CT molecular complexity index is 538. The molecule has 3 unspecified atom stereocenters. The van der Waals surface area contributed by atoms with E-state index in [-0.39, 0.29) is 23.2 Å². The molecule has 0 aromatic heterocycles. The van der Waals surface area contributed by atoms with E-state index in [0.717, 1.165) is 18.9 Å². The second-order valence-corrected chi connectivity index (χ2v) is 5.66. The average molecular weight is 296 g/mol.